The van der Waals surface area contributed by atoms with Crippen LogP contribution in [0.3, 0.4) is 0 Å². The highest BCUT2D eigenvalue weighted by molar-refractivity contribution is 5.91. The third kappa shape index (κ3) is 6.60. The summed E-state index contributed by atoms with van der Waals surface area (Å²) in [7, 11) is 0. The summed E-state index contributed by atoms with van der Waals surface area (Å²) in [5.41, 5.74) is 2.34. The van der Waals surface area contributed by atoms with Crippen molar-refractivity contribution in [2.45, 2.75) is 38.9 Å². The molecule has 1 amide bonds. The summed E-state index contributed by atoms with van der Waals surface area (Å²) >= 11 is 0. The lowest BCUT2D eigenvalue weighted by Crippen LogP contribution is -2.43. The molecule has 0 aliphatic carbocycles. The zero-order chi connectivity index (χ0) is 13.9. The summed E-state index contributed by atoms with van der Waals surface area (Å²) < 4.78 is 36.1. The molecule has 0 aromatic rings. The molecule has 0 spiro atoms. The quantitative estimate of drug-likeness (QED) is 0.740. The number of rotatable bonds is 4. The second-order valence-corrected chi connectivity index (χ2v) is 4.31. The van der Waals surface area contributed by atoms with Gasteiger partial charge in [-0.1, -0.05) is 0 Å². The average molecular weight is 252 g/mol. The summed E-state index contributed by atoms with van der Waals surface area (Å²) in [6.45, 7) is 4.32. The van der Waals surface area contributed by atoms with Gasteiger partial charge in [-0.05, 0) is 13.8 Å². The van der Waals surface area contributed by atoms with Crippen molar-refractivity contribution < 1.29 is 22.8 Å². The Balaban J connectivity index is 4.62. The largest absolute Gasteiger partial charge is 0.430 e. The molecule has 4 nitrogen and oxygen atoms in total. The van der Waals surface area contributed by atoms with E-state index < -0.39 is 23.2 Å². The van der Waals surface area contributed by atoms with Crippen molar-refractivity contribution >= 4 is 11.7 Å². The third-order valence-corrected chi connectivity index (χ3v) is 1.77. The van der Waals surface area contributed by atoms with Gasteiger partial charge >= 0.3 is 6.18 Å². The average Bonchev–Trinajstić information content (AvgIpc) is 1.96. The Bertz CT molecular complexity index is 346. The van der Waals surface area contributed by atoms with Crippen LogP contribution in [0.15, 0.2) is 11.8 Å². The van der Waals surface area contributed by atoms with Crippen LogP contribution in [0.1, 0.15) is 27.2 Å². The number of nitrogens with two attached hydrogens (primary N) is 1. The fourth-order valence-electron chi connectivity index (χ4n) is 1.26. The minimum atomic E-state index is -4.71. The first-order valence-corrected chi connectivity index (χ1v) is 4.80. The second kappa shape index (κ2) is 5.20. The Morgan fingerprint density at radius 2 is 1.76 bits per heavy atom. The maximum absolute atomic E-state index is 12.0. The molecule has 0 aliphatic heterocycles. The van der Waals surface area contributed by atoms with Crippen LogP contribution < -0.4 is 11.1 Å². The number of carbonyl (C=O) groups excluding carboxylic acids is 2. The fourth-order valence-corrected chi connectivity index (χ4v) is 1.26. The molecule has 0 aromatic carbocycles. The number of allylic oxidation sites excluding steroid dienone is 2. The molecule has 0 atom stereocenters. The smallest absolute Gasteiger partial charge is 0.395 e. The second-order valence-electron chi connectivity index (χ2n) is 4.31. The summed E-state index contributed by atoms with van der Waals surface area (Å²) in [5, 5.41) is 2.45. The molecule has 0 heterocycles. The summed E-state index contributed by atoms with van der Waals surface area (Å²) in [4.78, 5) is 22.1. The van der Waals surface area contributed by atoms with E-state index in [4.69, 9.17) is 5.73 Å². The number of amides is 1. The lowest BCUT2D eigenvalue weighted by Gasteiger charge is -2.24. The highest BCUT2D eigenvalue weighted by atomic mass is 19.4. The highest BCUT2D eigenvalue weighted by Gasteiger charge is 2.32. The predicted molar refractivity (Wildman–Crippen MR) is 55.8 cm³/mol. The van der Waals surface area contributed by atoms with E-state index in [-0.39, 0.29) is 12.3 Å². The van der Waals surface area contributed by atoms with E-state index in [2.05, 4.69) is 5.32 Å². The van der Waals surface area contributed by atoms with Gasteiger partial charge < -0.3 is 11.1 Å². The topological polar surface area (TPSA) is 72.2 Å². The van der Waals surface area contributed by atoms with Gasteiger partial charge in [0, 0.05) is 25.0 Å². The molecule has 98 valence electrons. The number of alkyl halides is 3. The van der Waals surface area contributed by atoms with Crippen molar-refractivity contribution in [1.29, 1.82) is 0 Å². The number of halogens is 3. The maximum atomic E-state index is 12.0. The molecule has 0 fully saturated rings. The minimum absolute atomic E-state index is 0.261. The van der Waals surface area contributed by atoms with Crippen LogP contribution in [0, 0.1) is 0 Å². The Morgan fingerprint density at radius 1 is 1.29 bits per heavy atom. The van der Waals surface area contributed by atoms with Gasteiger partial charge in [-0.25, -0.2) is 0 Å². The van der Waals surface area contributed by atoms with Crippen molar-refractivity contribution in [3.63, 3.8) is 0 Å². The van der Waals surface area contributed by atoms with Crippen LogP contribution in [0.25, 0.3) is 0 Å². The van der Waals surface area contributed by atoms with Gasteiger partial charge in [-0.3, -0.25) is 9.59 Å². The number of carbonyl (C=O) groups is 2. The maximum Gasteiger partial charge on any atom is 0.430 e. The molecule has 0 aliphatic rings. The lowest BCUT2D eigenvalue weighted by molar-refractivity contribution is -0.122. The molecule has 17 heavy (non-hydrogen) atoms. The Morgan fingerprint density at radius 3 is 2.12 bits per heavy atom. The van der Waals surface area contributed by atoms with Gasteiger partial charge in [0.2, 0.25) is 5.91 Å². The normalized spacial score (nSPS) is 13.4. The van der Waals surface area contributed by atoms with E-state index in [0.717, 1.165) is 0 Å². The SMILES string of the molecule is CC(=O)NC(C)(C)CC(=O)/C=C(\N)C(F)(F)F. The van der Waals surface area contributed by atoms with Crippen LogP contribution in [0.5, 0.6) is 0 Å². The van der Waals surface area contributed by atoms with Crippen molar-refractivity contribution in [1.82, 2.24) is 5.32 Å². The summed E-state index contributed by atoms with van der Waals surface area (Å²) in [6.07, 6.45) is -4.64. The molecule has 0 bridgehead atoms. The van der Waals surface area contributed by atoms with Crippen LogP contribution in [0.4, 0.5) is 13.2 Å². The molecule has 0 rings (SSSR count). The molecule has 3 N–H and O–H groups in total. The van der Waals surface area contributed by atoms with E-state index in [0.29, 0.717) is 6.08 Å². The Hall–Kier alpha value is -1.53. The molecule has 0 unspecified atom stereocenters. The van der Waals surface area contributed by atoms with Crippen LogP contribution >= 0.6 is 0 Å². The van der Waals surface area contributed by atoms with Gasteiger partial charge in [0.05, 0.1) is 0 Å². The number of nitrogens with one attached hydrogen (secondary N) is 1. The third-order valence-electron chi connectivity index (χ3n) is 1.77. The molecule has 0 radical (unpaired) electrons. The molecular formula is C10H15F3N2O2. The van der Waals surface area contributed by atoms with E-state index in [1.807, 2.05) is 0 Å². The van der Waals surface area contributed by atoms with Crippen LogP contribution in [-0.4, -0.2) is 23.4 Å². The van der Waals surface area contributed by atoms with Gasteiger partial charge in [0.1, 0.15) is 5.70 Å². The van der Waals surface area contributed by atoms with Gasteiger partial charge in [0.15, 0.2) is 5.78 Å². The lowest BCUT2D eigenvalue weighted by atomic mass is 9.97. The predicted octanol–water partition coefficient (Wildman–Crippen LogP) is 1.27. The Kier molecular flexibility index (Phi) is 4.73. The number of hydrogen-bond donors (Lipinski definition) is 2. The first kappa shape index (κ1) is 15.5. The first-order chi connectivity index (χ1) is 7.44. The zero-order valence-corrected chi connectivity index (χ0v) is 9.81. The van der Waals surface area contributed by atoms with Gasteiger partial charge in [-0.2, -0.15) is 13.2 Å². The van der Waals surface area contributed by atoms with E-state index in [9.17, 15) is 22.8 Å². The summed E-state index contributed by atoms with van der Waals surface area (Å²) in [6, 6.07) is 0. The molecular weight excluding hydrogens is 237 g/mol. The van der Waals surface area contributed by atoms with Crippen molar-refractivity contribution in [2.75, 3.05) is 0 Å². The molecule has 0 saturated heterocycles. The van der Waals surface area contributed by atoms with E-state index in [1.54, 1.807) is 0 Å². The first-order valence-electron chi connectivity index (χ1n) is 4.80. The molecule has 0 aromatic heterocycles. The van der Waals surface area contributed by atoms with Crippen molar-refractivity contribution in [3.05, 3.63) is 11.8 Å². The summed E-state index contributed by atoms with van der Waals surface area (Å²) in [5.74, 6) is -1.16. The highest BCUT2D eigenvalue weighted by Crippen LogP contribution is 2.21. The van der Waals surface area contributed by atoms with Crippen LogP contribution in [-0.2, 0) is 9.59 Å². The molecule has 7 heteroatoms. The minimum Gasteiger partial charge on any atom is -0.395 e. The van der Waals surface area contributed by atoms with E-state index in [1.165, 1.54) is 20.8 Å². The monoisotopic (exact) mass is 252 g/mol. The van der Waals surface area contributed by atoms with Crippen molar-refractivity contribution in [2.24, 2.45) is 5.73 Å². The zero-order valence-electron chi connectivity index (χ0n) is 9.81. The van der Waals surface area contributed by atoms with Gasteiger partial charge in [-0.15, -0.1) is 0 Å². The van der Waals surface area contributed by atoms with E-state index >= 15 is 0 Å². The van der Waals surface area contributed by atoms with Crippen molar-refractivity contribution in [3.8, 4) is 0 Å². The van der Waals surface area contributed by atoms with Gasteiger partial charge in [0.25, 0.3) is 0 Å². The molecule has 0 saturated carbocycles. The Labute approximate surface area is 97.0 Å². The fraction of sp³-hybridized carbons (Fsp3) is 0.600. The number of hydrogen-bond acceptors (Lipinski definition) is 3. The van der Waals surface area contributed by atoms with Crippen LogP contribution in [0.2, 0.25) is 0 Å². The standard InChI is InChI=1S/C10H15F3N2O2/c1-6(16)15-9(2,3)5-7(17)4-8(14)10(11,12)13/h4H,5,14H2,1-3H3,(H,15,16)/b8-4-. The number of ketones is 1.